The third kappa shape index (κ3) is 10.8. The van der Waals surface area contributed by atoms with Crippen LogP contribution in [0, 0.1) is 19.7 Å². The number of hydrogen-bond donors (Lipinski definition) is 0. The van der Waals surface area contributed by atoms with Crippen LogP contribution in [-0.2, 0) is 24.4 Å². The zero-order chi connectivity index (χ0) is 35.6. The molecule has 0 N–H and O–H groups in total. The maximum absolute atomic E-state index is 13.9. The van der Waals surface area contributed by atoms with E-state index in [0.717, 1.165) is 42.9 Å². The van der Waals surface area contributed by atoms with Crippen LogP contribution in [0.5, 0.6) is 23.1 Å². The number of aromatic nitrogens is 1. The van der Waals surface area contributed by atoms with Crippen molar-refractivity contribution >= 4 is 36.0 Å². The summed E-state index contributed by atoms with van der Waals surface area (Å²) in [5.41, 5.74) is 5.79. The molecule has 5 aromatic rings. The van der Waals surface area contributed by atoms with Gasteiger partial charge in [0, 0.05) is 56.9 Å². The predicted molar refractivity (Wildman–Crippen MR) is 206 cm³/mol. The topological polar surface area (TPSA) is 64.1 Å². The summed E-state index contributed by atoms with van der Waals surface area (Å²) in [6.07, 6.45) is 5.76. The Bertz CT molecular complexity index is 1920. The van der Waals surface area contributed by atoms with E-state index in [2.05, 4.69) is 53.2 Å². The van der Waals surface area contributed by atoms with Crippen molar-refractivity contribution in [1.82, 2.24) is 14.8 Å². The Morgan fingerprint density at radius 3 is 2.27 bits per heavy atom. The van der Waals surface area contributed by atoms with Crippen LogP contribution in [-0.4, -0.2) is 53.5 Å². The second-order valence-corrected chi connectivity index (χ2v) is 13.0. The van der Waals surface area contributed by atoms with Gasteiger partial charge in [0.25, 0.3) is 0 Å². The molecule has 2 heterocycles. The van der Waals surface area contributed by atoms with Crippen molar-refractivity contribution in [2.45, 2.75) is 33.4 Å². The number of piperazine rings is 1. The number of carbonyl (C=O) groups is 1. The third-order valence-electron chi connectivity index (χ3n) is 8.73. The van der Waals surface area contributed by atoms with Gasteiger partial charge in [0.2, 0.25) is 11.8 Å². The van der Waals surface area contributed by atoms with E-state index in [9.17, 15) is 9.18 Å². The fourth-order valence-electron chi connectivity index (χ4n) is 5.77. The van der Waals surface area contributed by atoms with Crippen molar-refractivity contribution in [3.05, 3.63) is 154 Å². The molecule has 1 amide bonds. The third-order valence-corrected chi connectivity index (χ3v) is 9.01. The van der Waals surface area contributed by atoms with Crippen molar-refractivity contribution in [3.63, 3.8) is 0 Å². The molecule has 1 fully saturated rings. The summed E-state index contributed by atoms with van der Waals surface area (Å²) >= 11 is 6.60. The molecule has 1 aliphatic heterocycles. The Morgan fingerprint density at radius 1 is 0.865 bits per heavy atom. The molecule has 0 unspecified atom stereocenters. The minimum absolute atomic E-state index is 0. The van der Waals surface area contributed by atoms with Crippen molar-refractivity contribution in [2.24, 2.45) is 0 Å². The standard InChI is InChI=1S/C42H41ClFN3O4.ClH/c1-30-7-14-36(15-8-30)49-24-19-32-9-11-33(12-10-32)28-46-20-22-47(23-21-46)41(48)18-13-34-25-31(2)42(38(43)26-34)51-40-17-16-37(27-45-40)50-29-35-5-3-4-6-39(35)44;/h3-18,25-27H,19-24,28-29H2,1-2H3;1H. The lowest BCUT2D eigenvalue weighted by atomic mass is 10.1. The lowest BCUT2D eigenvalue weighted by Gasteiger charge is -2.34. The first-order chi connectivity index (χ1) is 24.8. The largest absolute Gasteiger partial charge is 0.493 e. The summed E-state index contributed by atoms with van der Waals surface area (Å²) in [7, 11) is 0. The van der Waals surface area contributed by atoms with Gasteiger partial charge < -0.3 is 19.1 Å². The Balaban J connectivity index is 0.00000523. The molecular formula is C42H42Cl2FN3O4. The van der Waals surface area contributed by atoms with E-state index >= 15 is 0 Å². The number of nitrogens with zero attached hydrogens (tertiary/aromatic N) is 3. The van der Waals surface area contributed by atoms with Crippen LogP contribution in [0.3, 0.4) is 0 Å². The molecule has 0 atom stereocenters. The summed E-state index contributed by atoms with van der Waals surface area (Å²) < 4.78 is 31.4. The van der Waals surface area contributed by atoms with Gasteiger partial charge in [-0.15, -0.1) is 12.4 Å². The van der Waals surface area contributed by atoms with E-state index in [-0.39, 0.29) is 30.7 Å². The van der Waals surface area contributed by atoms with Crippen LogP contribution in [0.25, 0.3) is 6.08 Å². The van der Waals surface area contributed by atoms with Gasteiger partial charge in [-0.25, -0.2) is 9.37 Å². The molecule has 0 saturated carbocycles. The van der Waals surface area contributed by atoms with Crippen LogP contribution >= 0.6 is 24.0 Å². The van der Waals surface area contributed by atoms with Gasteiger partial charge in [0.1, 0.15) is 23.9 Å². The van der Waals surface area contributed by atoms with Crippen molar-refractivity contribution < 1.29 is 23.4 Å². The smallest absolute Gasteiger partial charge is 0.246 e. The van der Waals surface area contributed by atoms with Gasteiger partial charge >= 0.3 is 0 Å². The normalized spacial score (nSPS) is 13.1. The highest BCUT2D eigenvalue weighted by Gasteiger charge is 2.20. The van der Waals surface area contributed by atoms with Crippen molar-refractivity contribution in [3.8, 4) is 23.1 Å². The van der Waals surface area contributed by atoms with E-state index in [0.29, 0.717) is 47.7 Å². The molecule has 0 bridgehead atoms. The number of amides is 1. The van der Waals surface area contributed by atoms with Crippen molar-refractivity contribution in [2.75, 3.05) is 32.8 Å². The molecule has 1 saturated heterocycles. The molecule has 1 aromatic heterocycles. The molecule has 0 radical (unpaired) electrons. The monoisotopic (exact) mass is 741 g/mol. The highest BCUT2D eigenvalue weighted by atomic mass is 35.5. The van der Waals surface area contributed by atoms with E-state index in [1.807, 2.05) is 30.0 Å². The quantitative estimate of drug-likeness (QED) is 0.112. The van der Waals surface area contributed by atoms with Crippen molar-refractivity contribution in [1.29, 1.82) is 0 Å². The lowest BCUT2D eigenvalue weighted by molar-refractivity contribution is -0.127. The van der Waals surface area contributed by atoms with Gasteiger partial charge in [-0.2, -0.15) is 0 Å². The van der Waals surface area contributed by atoms with Crippen LogP contribution in [0.2, 0.25) is 5.02 Å². The molecule has 10 heteroatoms. The van der Waals surface area contributed by atoms with Gasteiger partial charge in [-0.3, -0.25) is 9.69 Å². The van der Waals surface area contributed by atoms with E-state index < -0.39 is 0 Å². The number of halogens is 3. The number of aryl methyl sites for hydroxylation is 2. The van der Waals surface area contributed by atoms with Gasteiger partial charge in [0.15, 0.2) is 5.75 Å². The zero-order valence-electron chi connectivity index (χ0n) is 29.3. The zero-order valence-corrected chi connectivity index (χ0v) is 30.8. The summed E-state index contributed by atoms with van der Waals surface area (Å²) in [5.74, 6) is 1.86. The van der Waals surface area contributed by atoms with Crippen LogP contribution in [0.15, 0.2) is 109 Å². The van der Waals surface area contributed by atoms with Crippen LogP contribution in [0.4, 0.5) is 4.39 Å². The summed E-state index contributed by atoms with van der Waals surface area (Å²) in [5, 5.41) is 0.404. The first kappa shape index (κ1) is 38.3. The second kappa shape index (κ2) is 18.6. The van der Waals surface area contributed by atoms with E-state index in [1.165, 1.54) is 29.0 Å². The molecule has 0 aliphatic carbocycles. The SMILES string of the molecule is Cc1ccc(OCCc2ccc(CN3CCN(C(=O)C=Cc4cc(C)c(Oc5ccc(OCc6ccccc6F)cn5)c(Cl)c4)CC3)cc2)cc1.Cl. The first-order valence-corrected chi connectivity index (χ1v) is 17.4. The highest BCUT2D eigenvalue weighted by Crippen LogP contribution is 2.34. The number of carbonyl (C=O) groups excluding carboxylic acids is 1. The minimum atomic E-state index is -0.317. The molecule has 6 rings (SSSR count). The van der Waals surface area contributed by atoms with Gasteiger partial charge in [0.05, 0.1) is 17.8 Å². The minimum Gasteiger partial charge on any atom is -0.493 e. The first-order valence-electron chi connectivity index (χ1n) is 17.1. The number of rotatable bonds is 13. The highest BCUT2D eigenvalue weighted by molar-refractivity contribution is 6.32. The second-order valence-electron chi connectivity index (χ2n) is 12.6. The Kier molecular flexibility index (Phi) is 13.7. The maximum Gasteiger partial charge on any atom is 0.246 e. The van der Waals surface area contributed by atoms with E-state index in [1.54, 1.807) is 48.6 Å². The Hall–Kier alpha value is -4.89. The van der Waals surface area contributed by atoms with Gasteiger partial charge in [-0.05, 0) is 78.6 Å². The molecule has 1 aliphatic rings. The molecule has 4 aromatic carbocycles. The van der Waals surface area contributed by atoms with Crippen LogP contribution < -0.4 is 14.2 Å². The number of ether oxygens (including phenoxy) is 3. The average molecular weight is 743 g/mol. The number of benzene rings is 4. The van der Waals surface area contributed by atoms with Gasteiger partial charge in [-0.1, -0.05) is 71.8 Å². The molecule has 52 heavy (non-hydrogen) atoms. The summed E-state index contributed by atoms with van der Waals surface area (Å²) in [6, 6.07) is 30.4. The predicted octanol–water partition coefficient (Wildman–Crippen LogP) is 9.26. The Labute approximate surface area is 316 Å². The molecule has 0 spiro atoms. The summed E-state index contributed by atoms with van der Waals surface area (Å²) in [4.78, 5) is 21.6. The molecular weight excluding hydrogens is 700 g/mol. The Morgan fingerprint density at radius 2 is 1.58 bits per heavy atom. The number of pyridine rings is 1. The number of hydrogen-bond acceptors (Lipinski definition) is 6. The molecule has 270 valence electrons. The maximum atomic E-state index is 13.9. The fourth-order valence-corrected chi connectivity index (χ4v) is 6.08. The average Bonchev–Trinajstić information content (AvgIpc) is 3.14. The summed E-state index contributed by atoms with van der Waals surface area (Å²) in [6.45, 7) is 8.52. The fraction of sp³-hybridized carbons (Fsp3) is 0.238. The van der Waals surface area contributed by atoms with Crippen LogP contribution in [0.1, 0.15) is 33.4 Å². The molecule has 7 nitrogen and oxygen atoms in total. The lowest BCUT2D eigenvalue weighted by Crippen LogP contribution is -2.47. The van der Waals surface area contributed by atoms with E-state index in [4.69, 9.17) is 25.8 Å².